The van der Waals surface area contributed by atoms with E-state index in [1.165, 1.54) is 16.5 Å². The molecule has 0 saturated heterocycles. The number of carbonyl (C=O) groups excluding carboxylic acids is 1. The summed E-state index contributed by atoms with van der Waals surface area (Å²) in [6.07, 6.45) is 1.15. The first-order chi connectivity index (χ1) is 13.1. The lowest BCUT2D eigenvalue weighted by Crippen LogP contribution is -2.14. The molecular weight excluding hydrogens is 334 g/mol. The molecule has 1 N–H and O–H groups in total. The van der Waals surface area contributed by atoms with Gasteiger partial charge in [-0.1, -0.05) is 54.6 Å². The summed E-state index contributed by atoms with van der Waals surface area (Å²) < 4.78 is 5.64. The van der Waals surface area contributed by atoms with Crippen molar-refractivity contribution >= 4 is 22.4 Å². The monoisotopic (exact) mass is 359 g/mol. The molecule has 27 heavy (non-hydrogen) atoms. The van der Waals surface area contributed by atoms with Gasteiger partial charge >= 0.3 is 0 Å². The summed E-state index contributed by atoms with van der Waals surface area (Å²) in [5.74, 6) is 0.502. The fourth-order valence-electron chi connectivity index (χ4n) is 3.48. The van der Waals surface area contributed by atoms with E-state index in [4.69, 9.17) is 4.74 Å². The highest BCUT2D eigenvalue weighted by atomic mass is 16.5. The zero-order chi connectivity index (χ0) is 18.8. The molecule has 138 valence electrons. The van der Waals surface area contributed by atoms with Crippen molar-refractivity contribution in [2.24, 2.45) is 5.92 Å². The number of anilines is 1. The second-order valence-electron chi connectivity index (χ2n) is 7.60. The van der Waals surface area contributed by atoms with Crippen molar-refractivity contribution < 1.29 is 9.53 Å². The number of rotatable bonds is 6. The number of ether oxygens (including phenoxy) is 1. The van der Waals surface area contributed by atoms with Crippen LogP contribution in [0.5, 0.6) is 0 Å². The highest BCUT2D eigenvalue weighted by Crippen LogP contribution is 2.48. The molecule has 0 spiro atoms. The van der Waals surface area contributed by atoms with Crippen LogP contribution < -0.4 is 5.32 Å². The van der Waals surface area contributed by atoms with Crippen LogP contribution in [0.1, 0.15) is 37.3 Å². The molecule has 0 aliphatic heterocycles. The maximum absolute atomic E-state index is 12.6. The van der Waals surface area contributed by atoms with Gasteiger partial charge in [-0.15, -0.1) is 0 Å². The highest BCUT2D eigenvalue weighted by Gasteiger charge is 2.43. The summed E-state index contributed by atoms with van der Waals surface area (Å²) in [6, 6.07) is 22.7. The quantitative estimate of drug-likeness (QED) is 0.630. The molecule has 3 heteroatoms. The van der Waals surface area contributed by atoms with Gasteiger partial charge in [0.1, 0.15) is 0 Å². The van der Waals surface area contributed by atoms with Gasteiger partial charge in [0, 0.05) is 11.6 Å². The van der Waals surface area contributed by atoms with E-state index in [0.717, 1.165) is 17.5 Å². The number of fused-ring (bicyclic) bond motifs is 1. The van der Waals surface area contributed by atoms with Gasteiger partial charge in [0.15, 0.2) is 0 Å². The number of benzene rings is 3. The van der Waals surface area contributed by atoms with E-state index in [-0.39, 0.29) is 17.9 Å². The van der Waals surface area contributed by atoms with E-state index in [1.54, 1.807) is 0 Å². The molecule has 1 amide bonds. The summed E-state index contributed by atoms with van der Waals surface area (Å²) in [6.45, 7) is 4.71. The maximum atomic E-state index is 12.6. The Morgan fingerprint density at radius 3 is 2.52 bits per heavy atom. The van der Waals surface area contributed by atoms with Crippen molar-refractivity contribution in [2.45, 2.75) is 38.9 Å². The summed E-state index contributed by atoms with van der Waals surface area (Å²) in [5, 5.41) is 5.40. The Kier molecular flexibility index (Phi) is 4.95. The van der Waals surface area contributed by atoms with Gasteiger partial charge in [0.25, 0.3) is 0 Å². The maximum Gasteiger partial charge on any atom is 0.228 e. The van der Waals surface area contributed by atoms with Gasteiger partial charge in [0.2, 0.25) is 5.91 Å². The van der Waals surface area contributed by atoms with Crippen LogP contribution in [0.15, 0.2) is 66.7 Å². The molecule has 1 fully saturated rings. The van der Waals surface area contributed by atoms with Crippen LogP contribution in [0.3, 0.4) is 0 Å². The third-order valence-corrected chi connectivity index (χ3v) is 5.14. The molecule has 0 unspecified atom stereocenters. The fourth-order valence-corrected chi connectivity index (χ4v) is 3.48. The molecule has 1 saturated carbocycles. The molecule has 0 bridgehead atoms. The van der Waals surface area contributed by atoms with Crippen molar-refractivity contribution in [3.8, 4) is 0 Å². The minimum atomic E-state index is 0.0641. The first-order valence-electron chi connectivity index (χ1n) is 9.60. The Balaban J connectivity index is 1.36. The normalized spacial score (nSPS) is 18.6. The van der Waals surface area contributed by atoms with Crippen LogP contribution in [0.4, 0.5) is 5.69 Å². The smallest absolute Gasteiger partial charge is 0.228 e. The van der Waals surface area contributed by atoms with E-state index in [9.17, 15) is 4.79 Å². The zero-order valence-electron chi connectivity index (χ0n) is 15.8. The van der Waals surface area contributed by atoms with Gasteiger partial charge in [-0.05, 0) is 60.2 Å². The average molecular weight is 359 g/mol. The van der Waals surface area contributed by atoms with Gasteiger partial charge in [0.05, 0.1) is 12.7 Å². The van der Waals surface area contributed by atoms with Crippen LogP contribution in [-0.4, -0.2) is 12.0 Å². The summed E-state index contributed by atoms with van der Waals surface area (Å²) in [4.78, 5) is 12.6. The molecule has 2 atom stereocenters. The Bertz CT molecular complexity index is 946. The van der Waals surface area contributed by atoms with Gasteiger partial charge < -0.3 is 10.1 Å². The van der Waals surface area contributed by atoms with Crippen LogP contribution in [-0.2, 0) is 16.1 Å². The lowest BCUT2D eigenvalue weighted by Gasteiger charge is -2.09. The van der Waals surface area contributed by atoms with Gasteiger partial charge in [-0.3, -0.25) is 4.79 Å². The number of nitrogens with one attached hydrogen (secondary N) is 1. The fraction of sp³-hybridized carbons (Fsp3) is 0.292. The number of carbonyl (C=O) groups is 1. The molecule has 1 aliphatic carbocycles. The topological polar surface area (TPSA) is 38.3 Å². The predicted octanol–water partition coefficient (Wildman–Crippen LogP) is 5.51. The van der Waals surface area contributed by atoms with Gasteiger partial charge in [-0.25, -0.2) is 0 Å². The SMILES string of the molecule is CC(C)OCc1ccc([C@@H]2C[C@H]2C(=O)Nc2ccc3ccccc3c2)cc1. The van der Waals surface area contributed by atoms with Crippen molar-refractivity contribution in [1.29, 1.82) is 0 Å². The van der Waals surface area contributed by atoms with E-state index in [2.05, 4.69) is 41.7 Å². The molecule has 0 aromatic heterocycles. The Hall–Kier alpha value is -2.65. The molecule has 3 aromatic carbocycles. The second-order valence-corrected chi connectivity index (χ2v) is 7.60. The van der Waals surface area contributed by atoms with Crippen molar-refractivity contribution in [2.75, 3.05) is 5.32 Å². The third kappa shape index (κ3) is 4.20. The summed E-state index contributed by atoms with van der Waals surface area (Å²) in [5.41, 5.74) is 3.28. The largest absolute Gasteiger partial charge is 0.374 e. The average Bonchev–Trinajstić information content (AvgIpc) is 3.48. The highest BCUT2D eigenvalue weighted by molar-refractivity contribution is 5.97. The Morgan fingerprint density at radius 2 is 1.78 bits per heavy atom. The first-order valence-corrected chi connectivity index (χ1v) is 9.60. The lowest BCUT2D eigenvalue weighted by molar-refractivity contribution is -0.117. The first kappa shape index (κ1) is 17.7. The zero-order valence-corrected chi connectivity index (χ0v) is 15.8. The standard InChI is InChI=1S/C24H25NO2/c1-16(2)27-15-17-7-9-19(10-8-17)22-14-23(22)24(26)25-21-12-11-18-5-3-4-6-20(18)13-21/h3-13,16,22-23H,14-15H2,1-2H3,(H,25,26)/t22-,23+/m0/s1. The van der Waals surface area contributed by atoms with E-state index < -0.39 is 0 Å². The van der Waals surface area contributed by atoms with E-state index in [0.29, 0.717) is 12.5 Å². The van der Waals surface area contributed by atoms with Gasteiger partial charge in [-0.2, -0.15) is 0 Å². The number of hydrogen-bond acceptors (Lipinski definition) is 2. The van der Waals surface area contributed by atoms with Crippen LogP contribution in [0.25, 0.3) is 10.8 Å². The molecule has 0 radical (unpaired) electrons. The lowest BCUT2D eigenvalue weighted by atomic mass is 10.1. The molecule has 4 rings (SSSR count). The minimum Gasteiger partial charge on any atom is -0.374 e. The summed E-state index contributed by atoms with van der Waals surface area (Å²) >= 11 is 0. The van der Waals surface area contributed by atoms with Crippen LogP contribution in [0.2, 0.25) is 0 Å². The predicted molar refractivity (Wildman–Crippen MR) is 110 cm³/mol. The van der Waals surface area contributed by atoms with E-state index in [1.807, 2.05) is 44.2 Å². The second kappa shape index (κ2) is 7.53. The Labute approximate surface area is 160 Å². The number of amides is 1. The number of hydrogen-bond donors (Lipinski definition) is 1. The molecule has 0 heterocycles. The van der Waals surface area contributed by atoms with Crippen LogP contribution >= 0.6 is 0 Å². The van der Waals surface area contributed by atoms with Crippen molar-refractivity contribution in [1.82, 2.24) is 0 Å². The third-order valence-electron chi connectivity index (χ3n) is 5.14. The molecular formula is C24H25NO2. The molecule has 3 aromatic rings. The van der Waals surface area contributed by atoms with Crippen molar-refractivity contribution in [3.05, 3.63) is 77.9 Å². The Morgan fingerprint density at radius 1 is 1.04 bits per heavy atom. The molecule has 3 nitrogen and oxygen atoms in total. The minimum absolute atomic E-state index is 0.0641. The van der Waals surface area contributed by atoms with E-state index >= 15 is 0 Å². The van der Waals surface area contributed by atoms with Crippen LogP contribution in [0, 0.1) is 5.92 Å². The van der Waals surface area contributed by atoms with Crippen molar-refractivity contribution in [3.63, 3.8) is 0 Å². The summed E-state index contributed by atoms with van der Waals surface area (Å²) in [7, 11) is 0. The molecule has 1 aliphatic rings.